The second-order valence-electron chi connectivity index (χ2n) is 3.67. The number of rotatable bonds is 3. The molecule has 0 saturated heterocycles. The number of carbonyl (C=O) groups is 1. The molecule has 20 heavy (non-hydrogen) atoms. The summed E-state index contributed by atoms with van der Waals surface area (Å²) in [6, 6.07) is 4.44. The number of amides is 1. The molecule has 9 heteroatoms. The largest absolute Gasteiger partial charge is 0.383 e. The predicted molar refractivity (Wildman–Crippen MR) is 75.2 cm³/mol. The molecule has 0 saturated carbocycles. The number of nitrogens with two attached hydrogens (primary N) is 1. The minimum atomic E-state index is -0.653. The third-order valence-electron chi connectivity index (χ3n) is 2.35. The zero-order chi connectivity index (χ0) is 14.7. The van der Waals surface area contributed by atoms with Gasteiger partial charge in [-0.3, -0.25) is 14.9 Å². The fourth-order valence-electron chi connectivity index (χ4n) is 1.40. The molecule has 1 amide bonds. The molecule has 0 aliphatic rings. The van der Waals surface area contributed by atoms with E-state index in [0.717, 1.165) is 12.3 Å². The van der Waals surface area contributed by atoms with Crippen molar-refractivity contribution in [3.63, 3.8) is 0 Å². The van der Waals surface area contributed by atoms with Gasteiger partial charge in [0.05, 0.1) is 15.0 Å². The highest BCUT2D eigenvalue weighted by Crippen LogP contribution is 2.21. The van der Waals surface area contributed by atoms with E-state index < -0.39 is 10.8 Å². The van der Waals surface area contributed by atoms with E-state index >= 15 is 0 Å². The first-order chi connectivity index (χ1) is 9.49. The van der Waals surface area contributed by atoms with Gasteiger partial charge in [-0.2, -0.15) is 0 Å². The van der Waals surface area contributed by atoms with Crippen molar-refractivity contribution in [1.29, 1.82) is 0 Å². The molecule has 2 rings (SSSR count). The van der Waals surface area contributed by atoms with Crippen LogP contribution in [0.1, 0.15) is 10.4 Å². The summed E-state index contributed by atoms with van der Waals surface area (Å²) in [7, 11) is 0. The van der Waals surface area contributed by atoms with Crippen LogP contribution >= 0.6 is 15.9 Å². The summed E-state index contributed by atoms with van der Waals surface area (Å²) < 4.78 is 0.574. The maximum absolute atomic E-state index is 12.0. The van der Waals surface area contributed by atoms with Crippen LogP contribution in [-0.4, -0.2) is 20.8 Å². The van der Waals surface area contributed by atoms with Crippen molar-refractivity contribution in [3.8, 4) is 0 Å². The SMILES string of the molecule is Nc1ncc([N+](=O)[O-])cc1C(=O)Nc1ncccc1Br. The van der Waals surface area contributed by atoms with E-state index in [2.05, 4.69) is 31.2 Å². The Morgan fingerprint density at radius 3 is 2.85 bits per heavy atom. The van der Waals surface area contributed by atoms with Crippen LogP contribution < -0.4 is 11.1 Å². The van der Waals surface area contributed by atoms with E-state index in [-0.39, 0.29) is 22.9 Å². The Labute approximate surface area is 121 Å². The Morgan fingerprint density at radius 1 is 1.45 bits per heavy atom. The molecule has 2 aromatic rings. The Balaban J connectivity index is 2.32. The Bertz CT molecular complexity index is 692. The van der Waals surface area contributed by atoms with Crippen LogP contribution in [0.5, 0.6) is 0 Å². The number of nitro groups is 1. The highest BCUT2D eigenvalue weighted by Gasteiger charge is 2.17. The molecule has 0 aromatic carbocycles. The number of pyridine rings is 2. The number of carbonyl (C=O) groups excluding carboxylic acids is 1. The lowest BCUT2D eigenvalue weighted by Gasteiger charge is -2.07. The maximum Gasteiger partial charge on any atom is 0.288 e. The van der Waals surface area contributed by atoms with Crippen LogP contribution in [0.4, 0.5) is 17.3 Å². The summed E-state index contributed by atoms with van der Waals surface area (Å²) >= 11 is 3.22. The van der Waals surface area contributed by atoms with Crippen molar-refractivity contribution >= 4 is 39.2 Å². The first kappa shape index (κ1) is 13.9. The second-order valence-corrected chi connectivity index (χ2v) is 4.53. The molecule has 0 aliphatic carbocycles. The molecule has 2 aromatic heterocycles. The first-order valence-electron chi connectivity index (χ1n) is 5.31. The molecule has 0 spiro atoms. The summed E-state index contributed by atoms with van der Waals surface area (Å²) in [5.74, 6) is -0.443. The Hall–Kier alpha value is -2.55. The molecule has 0 aliphatic heterocycles. The molecule has 3 N–H and O–H groups in total. The fourth-order valence-corrected chi connectivity index (χ4v) is 1.75. The predicted octanol–water partition coefficient (Wildman–Crippen LogP) is 1.98. The fraction of sp³-hybridized carbons (Fsp3) is 0. The third kappa shape index (κ3) is 2.88. The number of hydrogen-bond acceptors (Lipinski definition) is 6. The number of nitrogens with one attached hydrogen (secondary N) is 1. The monoisotopic (exact) mass is 337 g/mol. The smallest absolute Gasteiger partial charge is 0.288 e. The zero-order valence-corrected chi connectivity index (χ0v) is 11.5. The van der Waals surface area contributed by atoms with E-state index in [1.54, 1.807) is 12.1 Å². The van der Waals surface area contributed by atoms with Gasteiger partial charge in [-0.25, -0.2) is 9.97 Å². The van der Waals surface area contributed by atoms with E-state index in [1.807, 2.05) is 0 Å². The van der Waals surface area contributed by atoms with Gasteiger partial charge in [-0.15, -0.1) is 0 Å². The van der Waals surface area contributed by atoms with Gasteiger partial charge in [-0.05, 0) is 28.1 Å². The minimum absolute atomic E-state index is 0.0863. The molecule has 8 nitrogen and oxygen atoms in total. The lowest BCUT2D eigenvalue weighted by atomic mass is 10.2. The van der Waals surface area contributed by atoms with Gasteiger partial charge in [0, 0.05) is 12.3 Å². The molecule has 0 atom stereocenters. The van der Waals surface area contributed by atoms with Crippen LogP contribution in [0.25, 0.3) is 0 Å². The molecule has 102 valence electrons. The highest BCUT2D eigenvalue weighted by atomic mass is 79.9. The molecule has 0 bridgehead atoms. The van der Waals surface area contributed by atoms with Gasteiger partial charge in [0.25, 0.3) is 11.6 Å². The van der Waals surface area contributed by atoms with Crippen LogP contribution in [0.2, 0.25) is 0 Å². The molecule has 0 radical (unpaired) electrons. The van der Waals surface area contributed by atoms with Gasteiger partial charge < -0.3 is 11.1 Å². The summed E-state index contributed by atoms with van der Waals surface area (Å²) in [4.78, 5) is 29.7. The van der Waals surface area contributed by atoms with Gasteiger partial charge in [0.1, 0.15) is 17.8 Å². The van der Waals surface area contributed by atoms with E-state index in [1.165, 1.54) is 6.20 Å². The van der Waals surface area contributed by atoms with Crippen LogP contribution in [-0.2, 0) is 0 Å². The van der Waals surface area contributed by atoms with E-state index in [0.29, 0.717) is 4.47 Å². The van der Waals surface area contributed by atoms with Crippen molar-refractivity contribution in [2.75, 3.05) is 11.1 Å². The maximum atomic E-state index is 12.0. The molecule has 2 heterocycles. The standard InChI is InChI=1S/C11H8BrN5O3/c12-8-2-1-3-14-10(8)16-11(18)7-4-6(17(19)20)5-15-9(7)13/h1-5H,(H2,13,15)(H,14,16,18). The number of halogens is 1. The topological polar surface area (TPSA) is 124 Å². The van der Waals surface area contributed by atoms with Crippen molar-refractivity contribution in [2.24, 2.45) is 0 Å². The van der Waals surface area contributed by atoms with E-state index in [9.17, 15) is 14.9 Å². The number of anilines is 2. The average Bonchev–Trinajstić information content (AvgIpc) is 2.41. The molecule has 0 unspecified atom stereocenters. The number of hydrogen-bond donors (Lipinski definition) is 2. The van der Waals surface area contributed by atoms with Crippen molar-refractivity contribution in [3.05, 3.63) is 50.7 Å². The first-order valence-corrected chi connectivity index (χ1v) is 6.10. The highest BCUT2D eigenvalue weighted by molar-refractivity contribution is 9.10. The normalized spacial score (nSPS) is 10.1. The zero-order valence-electron chi connectivity index (χ0n) is 9.91. The minimum Gasteiger partial charge on any atom is -0.383 e. The molecular weight excluding hydrogens is 330 g/mol. The second kappa shape index (κ2) is 5.61. The Kier molecular flexibility index (Phi) is 3.89. The lowest BCUT2D eigenvalue weighted by molar-refractivity contribution is -0.385. The number of aromatic nitrogens is 2. The van der Waals surface area contributed by atoms with Crippen molar-refractivity contribution < 1.29 is 9.72 Å². The number of nitrogen functional groups attached to an aromatic ring is 1. The summed E-state index contributed by atoms with van der Waals surface area (Å²) in [5, 5.41) is 13.2. The summed E-state index contributed by atoms with van der Waals surface area (Å²) in [5.41, 5.74) is 5.15. The van der Waals surface area contributed by atoms with Gasteiger partial charge in [0.2, 0.25) is 0 Å². The van der Waals surface area contributed by atoms with Crippen LogP contribution in [0.15, 0.2) is 35.1 Å². The van der Waals surface area contributed by atoms with Crippen LogP contribution in [0.3, 0.4) is 0 Å². The van der Waals surface area contributed by atoms with Gasteiger partial charge >= 0.3 is 0 Å². The summed E-state index contributed by atoms with van der Waals surface area (Å²) in [6.07, 6.45) is 2.48. The molecular formula is C11H8BrN5O3. The number of nitrogens with zero attached hydrogens (tertiary/aromatic N) is 3. The van der Waals surface area contributed by atoms with Gasteiger partial charge in [0.15, 0.2) is 0 Å². The average molecular weight is 338 g/mol. The van der Waals surface area contributed by atoms with Crippen molar-refractivity contribution in [1.82, 2.24) is 9.97 Å². The molecule has 0 fully saturated rings. The summed E-state index contributed by atoms with van der Waals surface area (Å²) in [6.45, 7) is 0. The third-order valence-corrected chi connectivity index (χ3v) is 2.99. The van der Waals surface area contributed by atoms with Gasteiger partial charge in [-0.1, -0.05) is 0 Å². The van der Waals surface area contributed by atoms with E-state index in [4.69, 9.17) is 5.73 Å². The van der Waals surface area contributed by atoms with Crippen LogP contribution in [0, 0.1) is 10.1 Å². The lowest BCUT2D eigenvalue weighted by Crippen LogP contribution is -2.16. The van der Waals surface area contributed by atoms with Crippen molar-refractivity contribution in [2.45, 2.75) is 0 Å². The Morgan fingerprint density at radius 2 is 2.20 bits per heavy atom. The quantitative estimate of drug-likeness (QED) is 0.651.